The Bertz CT molecular complexity index is 1310. The summed E-state index contributed by atoms with van der Waals surface area (Å²) < 4.78 is 0. The molecule has 0 heterocycles. The van der Waals surface area contributed by atoms with Crippen molar-refractivity contribution in [1.29, 1.82) is 0 Å². The third kappa shape index (κ3) is 4.47. The lowest BCUT2D eigenvalue weighted by molar-refractivity contribution is 0.590. The van der Waals surface area contributed by atoms with Crippen molar-refractivity contribution in [2.45, 2.75) is 66.2 Å². The first-order valence-corrected chi connectivity index (χ1v) is 12.4. The average molecular weight is 447 g/mol. The molecule has 4 rings (SSSR count). The van der Waals surface area contributed by atoms with Crippen molar-refractivity contribution in [2.24, 2.45) is 0 Å². The van der Waals surface area contributed by atoms with Crippen LogP contribution in [0.25, 0.3) is 33.4 Å². The van der Waals surface area contributed by atoms with E-state index in [1.807, 2.05) is 0 Å². The zero-order valence-electron chi connectivity index (χ0n) is 22.1. The third-order valence-electron chi connectivity index (χ3n) is 6.83. The highest BCUT2D eigenvalue weighted by molar-refractivity contribution is 5.98. The molecule has 34 heavy (non-hydrogen) atoms. The smallest absolute Gasteiger partial charge is 0.00210 e. The van der Waals surface area contributed by atoms with Crippen molar-refractivity contribution in [3.05, 3.63) is 107 Å². The third-order valence-corrected chi connectivity index (χ3v) is 6.83. The summed E-state index contributed by atoms with van der Waals surface area (Å²) in [5, 5.41) is 0. The van der Waals surface area contributed by atoms with Crippen molar-refractivity contribution in [3.63, 3.8) is 0 Å². The monoisotopic (exact) mass is 446 g/mol. The Morgan fingerprint density at radius 3 is 1.44 bits per heavy atom. The summed E-state index contributed by atoms with van der Waals surface area (Å²) in [5.74, 6) is 0. The molecule has 0 amide bonds. The molecule has 0 N–H and O–H groups in total. The van der Waals surface area contributed by atoms with E-state index in [1.165, 1.54) is 55.6 Å². The van der Waals surface area contributed by atoms with Crippen LogP contribution in [0, 0.1) is 13.8 Å². The van der Waals surface area contributed by atoms with Gasteiger partial charge in [-0.3, -0.25) is 0 Å². The summed E-state index contributed by atoms with van der Waals surface area (Å²) in [5.41, 5.74) is 13.5. The Balaban J connectivity index is 2.21. The van der Waals surface area contributed by atoms with Gasteiger partial charge in [0.25, 0.3) is 0 Å². The molecule has 4 aromatic rings. The molecule has 0 aliphatic carbocycles. The molecule has 0 aliphatic heterocycles. The minimum atomic E-state index is 0.0288. The Morgan fingerprint density at radius 1 is 0.412 bits per heavy atom. The molecule has 0 aromatic heterocycles. The van der Waals surface area contributed by atoms with Crippen LogP contribution in [0.2, 0.25) is 0 Å². The predicted molar refractivity (Wildman–Crippen MR) is 150 cm³/mol. The molecule has 0 aliphatic rings. The molecule has 0 radical (unpaired) electrons. The molecule has 0 saturated heterocycles. The van der Waals surface area contributed by atoms with Gasteiger partial charge in [0.2, 0.25) is 0 Å². The quantitative estimate of drug-likeness (QED) is 0.294. The molecule has 0 unspecified atom stereocenters. The highest BCUT2D eigenvalue weighted by atomic mass is 14.3. The van der Waals surface area contributed by atoms with E-state index in [-0.39, 0.29) is 10.8 Å². The van der Waals surface area contributed by atoms with Gasteiger partial charge in [0.05, 0.1) is 0 Å². The molecular formula is C34H38. The van der Waals surface area contributed by atoms with Gasteiger partial charge in [0.1, 0.15) is 0 Å². The standard InChI is InChI=1S/C34H38/c1-23-15-12-21-28(33(3,4)5)30(23)27-20-14-19-26(25-17-10-9-11-18-25)32(27)31-24(2)16-13-22-29(31)34(6,7)8/h9-22H,1-8H3. The van der Waals surface area contributed by atoms with Gasteiger partial charge in [-0.15, -0.1) is 0 Å². The maximum Gasteiger partial charge on any atom is -0.00210 e. The van der Waals surface area contributed by atoms with Crippen molar-refractivity contribution < 1.29 is 0 Å². The first kappa shape index (κ1) is 24.0. The van der Waals surface area contributed by atoms with E-state index in [4.69, 9.17) is 0 Å². The highest BCUT2D eigenvalue weighted by Gasteiger charge is 2.27. The molecular weight excluding hydrogens is 408 g/mol. The average Bonchev–Trinajstić information content (AvgIpc) is 2.78. The van der Waals surface area contributed by atoms with Gasteiger partial charge in [-0.05, 0) is 80.3 Å². The van der Waals surface area contributed by atoms with E-state index in [9.17, 15) is 0 Å². The fraction of sp³-hybridized carbons (Fsp3) is 0.294. The van der Waals surface area contributed by atoms with E-state index in [0.717, 1.165) is 0 Å². The van der Waals surface area contributed by atoms with Crippen LogP contribution in [-0.2, 0) is 10.8 Å². The summed E-state index contributed by atoms with van der Waals surface area (Å²) in [6, 6.07) is 31.3. The minimum Gasteiger partial charge on any atom is -0.0622 e. The lowest BCUT2D eigenvalue weighted by atomic mass is 9.74. The number of benzene rings is 4. The van der Waals surface area contributed by atoms with E-state index in [2.05, 4.69) is 140 Å². The van der Waals surface area contributed by atoms with Crippen LogP contribution in [0.4, 0.5) is 0 Å². The summed E-state index contributed by atoms with van der Waals surface area (Å²) in [7, 11) is 0. The molecule has 0 nitrogen and oxygen atoms in total. The fourth-order valence-corrected chi connectivity index (χ4v) is 5.16. The molecule has 174 valence electrons. The Labute approximate surface area is 206 Å². The van der Waals surface area contributed by atoms with Crippen molar-refractivity contribution in [2.75, 3.05) is 0 Å². The Kier molecular flexibility index (Phi) is 6.30. The lowest BCUT2D eigenvalue weighted by Crippen LogP contribution is -2.15. The van der Waals surface area contributed by atoms with Crippen LogP contribution in [0.5, 0.6) is 0 Å². The van der Waals surface area contributed by atoms with Crippen molar-refractivity contribution in [3.8, 4) is 33.4 Å². The first-order valence-electron chi connectivity index (χ1n) is 12.4. The van der Waals surface area contributed by atoms with Crippen LogP contribution in [0.1, 0.15) is 63.8 Å². The largest absolute Gasteiger partial charge is 0.0622 e. The number of hydrogen-bond donors (Lipinski definition) is 0. The zero-order chi connectivity index (χ0) is 24.7. The van der Waals surface area contributed by atoms with E-state index in [1.54, 1.807) is 0 Å². The number of aryl methyl sites for hydroxylation is 2. The highest BCUT2D eigenvalue weighted by Crippen LogP contribution is 2.47. The van der Waals surface area contributed by atoms with Gasteiger partial charge in [-0.2, -0.15) is 0 Å². The van der Waals surface area contributed by atoms with Crippen LogP contribution < -0.4 is 0 Å². The van der Waals surface area contributed by atoms with E-state index >= 15 is 0 Å². The van der Waals surface area contributed by atoms with Gasteiger partial charge in [0, 0.05) is 0 Å². The molecule has 0 bridgehead atoms. The van der Waals surface area contributed by atoms with E-state index < -0.39 is 0 Å². The topological polar surface area (TPSA) is 0 Å². The maximum atomic E-state index is 2.33. The van der Waals surface area contributed by atoms with Gasteiger partial charge >= 0.3 is 0 Å². The van der Waals surface area contributed by atoms with Crippen LogP contribution in [0.15, 0.2) is 84.9 Å². The van der Waals surface area contributed by atoms with Gasteiger partial charge in [-0.1, -0.05) is 126 Å². The van der Waals surface area contributed by atoms with E-state index in [0.29, 0.717) is 0 Å². The maximum absolute atomic E-state index is 2.33. The summed E-state index contributed by atoms with van der Waals surface area (Å²) in [6.45, 7) is 18.4. The molecule has 4 aromatic carbocycles. The van der Waals surface area contributed by atoms with Gasteiger partial charge < -0.3 is 0 Å². The van der Waals surface area contributed by atoms with Crippen LogP contribution in [-0.4, -0.2) is 0 Å². The second-order valence-corrected chi connectivity index (χ2v) is 11.6. The number of hydrogen-bond acceptors (Lipinski definition) is 0. The molecule has 0 fully saturated rings. The lowest BCUT2D eigenvalue weighted by Gasteiger charge is -2.30. The van der Waals surface area contributed by atoms with Crippen molar-refractivity contribution in [1.82, 2.24) is 0 Å². The second-order valence-electron chi connectivity index (χ2n) is 11.6. The Hall–Kier alpha value is -3.12. The van der Waals surface area contributed by atoms with Crippen LogP contribution >= 0.6 is 0 Å². The summed E-state index contributed by atoms with van der Waals surface area (Å²) in [4.78, 5) is 0. The normalized spacial score (nSPS) is 12.1. The minimum absolute atomic E-state index is 0.0288. The number of rotatable bonds is 3. The van der Waals surface area contributed by atoms with Gasteiger partial charge in [-0.25, -0.2) is 0 Å². The fourth-order valence-electron chi connectivity index (χ4n) is 5.16. The van der Waals surface area contributed by atoms with Crippen molar-refractivity contribution >= 4 is 0 Å². The summed E-state index contributed by atoms with van der Waals surface area (Å²) >= 11 is 0. The first-order chi connectivity index (χ1) is 16.0. The molecule has 0 atom stereocenters. The zero-order valence-corrected chi connectivity index (χ0v) is 22.1. The molecule has 0 saturated carbocycles. The SMILES string of the molecule is Cc1cccc(C(C)(C)C)c1-c1cccc(-c2ccccc2)c1-c1c(C)cccc1C(C)(C)C. The Morgan fingerprint density at radius 2 is 0.882 bits per heavy atom. The molecule has 0 spiro atoms. The molecule has 0 heteroatoms. The summed E-state index contributed by atoms with van der Waals surface area (Å²) in [6.07, 6.45) is 0. The van der Waals surface area contributed by atoms with Crippen LogP contribution in [0.3, 0.4) is 0 Å². The second kappa shape index (κ2) is 8.91. The predicted octanol–water partition coefficient (Wildman–Crippen LogP) is 9.90. The van der Waals surface area contributed by atoms with Gasteiger partial charge in [0.15, 0.2) is 0 Å².